The van der Waals surface area contributed by atoms with E-state index in [4.69, 9.17) is 9.84 Å². The molecule has 0 spiro atoms. The average Bonchev–Trinajstić information content (AvgIpc) is 2.76. The molecule has 19 heavy (non-hydrogen) atoms. The first kappa shape index (κ1) is 16.2. The molecule has 0 saturated carbocycles. The maximum Gasteiger partial charge on any atom is 0.270 e. The predicted octanol–water partition coefficient (Wildman–Crippen LogP) is 1.91. The van der Waals surface area contributed by atoms with Gasteiger partial charge in [0.1, 0.15) is 5.69 Å². The predicted molar refractivity (Wildman–Crippen MR) is 77.4 cm³/mol. The van der Waals surface area contributed by atoms with Crippen LogP contribution in [0.3, 0.4) is 0 Å². The third-order valence-corrected chi connectivity index (χ3v) is 3.25. The maximum atomic E-state index is 12.5. The second-order valence-corrected chi connectivity index (χ2v) is 5.47. The number of carbonyl (C=O) groups excluding carboxylic acids is 1. The molecule has 6 heteroatoms. The number of rotatable bonds is 7. The fourth-order valence-corrected chi connectivity index (χ4v) is 2.28. The monoisotopic (exact) mass is 332 g/mol. The molecule has 0 fully saturated rings. The van der Waals surface area contributed by atoms with Crippen molar-refractivity contribution in [1.29, 1.82) is 0 Å². The van der Waals surface area contributed by atoms with Crippen LogP contribution < -0.4 is 0 Å². The van der Waals surface area contributed by atoms with Crippen LogP contribution in [0.4, 0.5) is 0 Å². The van der Waals surface area contributed by atoms with Crippen LogP contribution in [0.2, 0.25) is 0 Å². The number of nitrogens with zero attached hydrogens (tertiary/aromatic N) is 2. The van der Waals surface area contributed by atoms with Crippen molar-refractivity contribution < 1.29 is 14.6 Å². The summed E-state index contributed by atoms with van der Waals surface area (Å²) < 4.78 is 7.79. The molecule has 0 bridgehead atoms. The van der Waals surface area contributed by atoms with Gasteiger partial charge in [0.2, 0.25) is 0 Å². The molecular weight excluding hydrogens is 312 g/mol. The number of carbonyl (C=O) groups is 1. The molecule has 0 aliphatic rings. The minimum absolute atomic E-state index is 0.0565. The Morgan fingerprint density at radius 1 is 1.53 bits per heavy atom. The number of ether oxygens (including phenoxy) is 1. The number of amides is 1. The zero-order valence-electron chi connectivity index (χ0n) is 11.6. The molecule has 1 aromatic heterocycles. The first-order valence-corrected chi connectivity index (χ1v) is 7.07. The maximum absolute atomic E-state index is 12.5. The van der Waals surface area contributed by atoms with Crippen molar-refractivity contribution in [2.45, 2.75) is 19.9 Å². The van der Waals surface area contributed by atoms with E-state index in [0.717, 1.165) is 4.47 Å². The van der Waals surface area contributed by atoms with Gasteiger partial charge in [-0.25, -0.2) is 0 Å². The number of aliphatic hydroxyl groups excluding tert-OH is 1. The summed E-state index contributed by atoms with van der Waals surface area (Å²) in [7, 11) is 1.59. The van der Waals surface area contributed by atoms with Crippen molar-refractivity contribution in [3.05, 3.63) is 22.4 Å². The summed E-state index contributed by atoms with van der Waals surface area (Å²) in [4.78, 5) is 14.1. The second kappa shape index (κ2) is 7.67. The number of hydrogen-bond donors (Lipinski definition) is 1. The topological polar surface area (TPSA) is 54.7 Å². The Balaban J connectivity index is 2.95. The zero-order chi connectivity index (χ0) is 14.4. The number of halogens is 1. The van der Waals surface area contributed by atoms with E-state index in [1.807, 2.05) is 24.6 Å². The molecule has 0 aliphatic heterocycles. The highest BCUT2D eigenvalue weighted by atomic mass is 79.9. The van der Waals surface area contributed by atoms with Crippen molar-refractivity contribution in [1.82, 2.24) is 9.47 Å². The van der Waals surface area contributed by atoms with Crippen LogP contribution in [0.5, 0.6) is 0 Å². The SMILES string of the molecule is COCCN(CCO)C(=O)c1cc(Br)cn1C(C)C. The Morgan fingerprint density at radius 2 is 2.21 bits per heavy atom. The third kappa shape index (κ3) is 4.33. The van der Waals surface area contributed by atoms with Crippen molar-refractivity contribution in [2.75, 3.05) is 33.4 Å². The van der Waals surface area contributed by atoms with E-state index in [1.54, 1.807) is 18.1 Å². The summed E-state index contributed by atoms with van der Waals surface area (Å²) in [6, 6.07) is 2.00. The summed E-state index contributed by atoms with van der Waals surface area (Å²) in [6.07, 6.45) is 1.89. The van der Waals surface area contributed by atoms with Gasteiger partial charge in [0.25, 0.3) is 5.91 Å². The van der Waals surface area contributed by atoms with E-state index in [1.165, 1.54) is 0 Å². The average molecular weight is 333 g/mol. The van der Waals surface area contributed by atoms with Crippen LogP contribution in [0.15, 0.2) is 16.7 Å². The van der Waals surface area contributed by atoms with Gasteiger partial charge in [-0.2, -0.15) is 0 Å². The Morgan fingerprint density at radius 3 is 2.74 bits per heavy atom. The summed E-state index contributed by atoms with van der Waals surface area (Å²) >= 11 is 3.39. The van der Waals surface area contributed by atoms with Gasteiger partial charge in [-0.05, 0) is 35.8 Å². The van der Waals surface area contributed by atoms with Crippen LogP contribution >= 0.6 is 15.9 Å². The lowest BCUT2D eigenvalue weighted by Gasteiger charge is -2.23. The van der Waals surface area contributed by atoms with Crippen molar-refractivity contribution in [2.24, 2.45) is 0 Å². The Kier molecular flexibility index (Phi) is 6.54. The first-order valence-electron chi connectivity index (χ1n) is 6.27. The van der Waals surface area contributed by atoms with Gasteiger partial charge < -0.3 is 19.3 Å². The molecule has 0 unspecified atom stereocenters. The van der Waals surface area contributed by atoms with E-state index in [9.17, 15) is 4.79 Å². The van der Waals surface area contributed by atoms with Gasteiger partial charge in [0.05, 0.1) is 13.2 Å². The molecule has 1 amide bonds. The van der Waals surface area contributed by atoms with E-state index in [0.29, 0.717) is 25.4 Å². The van der Waals surface area contributed by atoms with Gasteiger partial charge in [-0.3, -0.25) is 4.79 Å². The molecule has 108 valence electrons. The van der Waals surface area contributed by atoms with E-state index < -0.39 is 0 Å². The highest BCUT2D eigenvalue weighted by molar-refractivity contribution is 9.10. The minimum Gasteiger partial charge on any atom is -0.395 e. The number of aromatic nitrogens is 1. The van der Waals surface area contributed by atoms with Gasteiger partial charge in [0.15, 0.2) is 0 Å². The molecule has 0 saturated heterocycles. The molecule has 0 aliphatic carbocycles. The Bertz CT molecular complexity index is 418. The number of aliphatic hydroxyl groups is 1. The Hall–Kier alpha value is -0.850. The number of methoxy groups -OCH3 is 1. The summed E-state index contributed by atoms with van der Waals surface area (Å²) in [5.74, 6) is -0.0921. The molecule has 1 rings (SSSR count). The minimum atomic E-state index is -0.0921. The summed E-state index contributed by atoms with van der Waals surface area (Å²) in [5, 5.41) is 9.06. The molecule has 1 heterocycles. The van der Waals surface area contributed by atoms with Crippen LogP contribution in [-0.4, -0.2) is 53.9 Å². The van der Waals surface area contributed by atoms with Gasteiger partial charge in [-0.15, -0.1) is 0 Å². The van der Waals surface area contributed by atoms with E-state index in [-0.39, 0.29) is 18.6 Å². The molecular formula is C13H21BrN2O3. The standard InChI is InChI=1S/C13H21BrN2O3/c1-10(2)16-9-11(14)8-12(16)13(18)15(4-6-17)5-7-19-3/h8-10,17H,4-7H2,1-3H3. The fourth-order valence-electron chi connectivity index (χ4n) is 1.84. The number of hydrogen-bond acceptors (Lipinski definition) is 3. The van der Waals surface area contributed by atoms with Crippen LogP contribution in [-0.2, 0) is 4.74 Å². The van der Waals surface area contributed by atoms with E-state index >= 15 is 0 Å². The summed E-state index contributed by atoms with van der Waals surface area (Å²) in [6.45, 7) is 5.22. The fraction of sp³-hybridized carbons (Fsp3) is 0.615. The lowest BCUT2D eigenvalue weighted by Crippen LogP contribution is -2.37. The van der Waals surface area contributed by atoms with Crippen LogP contribution in [0.1, 0.15) is 30.4 Å². The highest BCUT2D eigenvalue weighted by Crippen LogP contribution is 2.20. The molecule has 1 N–H and O–H groups in total. The smallest absolute Gasteiger partial charge is 0.270 e. The van der Waals surface area contributed by atoms with Crippen molar-refractivity contribution >= 4 is 21.8 Å². The first-order chi connectivity index (χ1) is 9.01. The lowest BCUT2D eigenvalue weighted by atomic mass is 10.3. The largest absolute Gasteiger partial charge is 0.395 e. The molecule has 0 aromatic carbocycles. The van der Waals surface area contributed by atoms with E-state index in [2.05, 4.69) is 15.9 Å². The lowest BCUT2D eigenvalue weighted by molar-refractivity contribution is 0.0644. The van der Waals surface area contributed by atoms with Gasteiger partial charge >= 0.3 is 0 Å². The highest BCUT2D eigenvalue weighted by Gasteiger charge is 2.20. The van der Waals surface area contributed by atoms with Gasteiger partial charge in [-0.1, -0.05) is 0 Å². The second-order valence-electron chi connectivity index (χ2n) is 4.55. The van der Waals surface area contributed by atoms with Crippen molar-refractivity contribution in [3.8, 4) is 0 Å². The van der Waals surface area contributed by atoms with Crippen molar-refractivity contribution in [3.63, 3.8) is 0 Å². The van der Waals surface area contributed by atoms with Gasteiger partial charge in [0, 0.05) is 36.9 Å². The molecule has 5 nitrogen and oxygen atoms in total. The quantitative estimate of drug-likeness (QED) is 0.829. The van der Waals surface area contributed by atoms with Crippen LogP contribution in [0, 0.1) is 0 Å². The normalized spacial score (nSPS) is 11.1. The van der Waals surface area contributed by atoms with Crippen LogP contribution in [0.25, 0.3) is 0 Å². The summed E-state index contributed by atoms with van der Waals surface area (Å²) in [5.41, 5.74) is 0.617. The third-order valence-electron chi connectivity index (χ3n) is 2.81. The molecule has 0 atom stereocenters. The zero-order valence-corrected chi connectivity index (χ0v) is 13.2. The Labute approximate surface area is 122 Å². The molecule has 1 aromatic rings. The molecule has 0 radical (unpaired) electrons.